The third-order valence-corrected chi connectivity index (χ3v) is 22.0. The minimum absolute atomic E-state index is 0.108. The molecule has 0 spiro atoms. The Morgan fingerprint density at radius 1 is 0.282 bits per heavy atom. The van der Waals surface area contributed by atoms with Crippen molar-refractivity contribution in [1.82, 2.24) is 0 Å². The Bertz CT molecular complexity index is 1980. The number of carbonyl (C=O) groups excluding carboxylic acids is 4. The van der Waals surface area contributed by atoms with E-state index in [2.05, 4.69) is 41.5 Å². The zero-order chi connectivity index (χ0) is 75.6. The number of aliphatic hydroxyl groups is 1. The van der Waals surface area contributed by atoms with Crippen molar-refractivity contribution in [1.29, 1.82) is 0 Å². The van der Waals surface area contributed by atoms with Crippen molar-refractivity contribution in [3.63, 3.8) is 0 Å². The summed E-state index contributed by atoms with van der Waals surface area (Å²) >= 11 is 0. The first-order valence-corrected chi connectivity index (χ1v) is 46.5. The number of phosphoric ester groups is 2. The maximum Gasteiger partial charge on any atom is 0.472 e. The second-order valence-electron chi connectivity index (χ2n) is 30.9. The largest absolute Gasteiger partial charge is 0.472 e. The van der Waals surface area contributed by atoms with Crippen molar-refractivity contribution in [3.05, 3.63) is 0 Å². The van der Waals surface area contributed by atoms with E-state index in [1.807, 2.05) is 0 Å². The van der Waals surface area contributed by atoms with Crippen LogP contribution in [-0.4, -0.2) is 96.7 Å². The van der Waals surface area contributed by atoms with Gasteiger partial charge in [0.2, 0.25) is 0 Å². The summed E-state index contributed by atoms with van der Waals surface area (Å²) in [6.45, 7) is 9.65. The molecule has 0 aromatic rings. The summed E-state index contributed by atoms with van der Waals surface area (Å²) < 4.78 is 68.8. The van der Waals surface area contributed by atoms with Crippen LogP contribution in [0.4, 0.5) is 0 Å². The molecule has 6 atom stereocenters. The normalized spacial score (nSPS) is 14.1. The molecule has 0 aromatic heterocycles. The van der Waals surface area contributed by atoms with Crippen LogP contribution in [0.3, 0.4) is 0 Å². The lowest BCUT2D eigenvalue weighted by Crippen LogP contribution is -2.30. The molecule has 0 radical (unpaired) electrons. The summed E-state index contributed by atoms with van der Waals surface area (Å²) in [7, 11) is -9.92. The fourth-order valence-electron chi connectivity index (χ4n) is 13.0. The van der Waals surface area contributed by atoms with Crippen molar-refractivity contribution in [2.24, 2.45) is 11.8 Å². The maximum atomic E-state index is 13.1. The summed E-state index contributed by atoms with van der Waals surface area (Å²) in [5, 5.41) is 10.7. The van der Waals surface area contributed by atoms with Crippen LogP contribution in [0, 0.1) is 11.8 Å². The summed E-state index contributed by atoms with van der Waals surface area (Å²) in [6.07, 6.45) is 66.6. The molecule has 3 N–H and O–H groups in total. The number of aliphatic hydroxyl groups excluding tert-OH is 1. The Hall–Kier alpha value is -1.94. The topological polar surface area (TPSA) is 237 Å². The number of esters is 4. The van der Waals surface area contributed by atoms with Gasteiger partial charge in [0.15, 0.2) is 12.2 Å². The fourth-order valence-corrected chi connectivity index (χ4v) is 14.6. The molecule has 0 saturated heterocycles. The van der Waals surface area contributed by atoms with Gasteiger partial charge in [-0.05, 0) is 37.5 Å². The van der Waals surface area contributed by atoms with Crippen molar-refractivity contribution in [2.75, 3.05) is 39.6 Å². The van der Waals surface area contributed by atoms with Gasteiger partial charge in [0.25, 0.3) is 0 Å². The van der Waals surface area contributed by atoms with Crippen molar-refractivity contribution in [2.45, 2.75) is 464 Å². The van der Waals surface area contributed by atoms with Gasteiger partial charge in [0.05, 0.1) is 26.4 Å². The summed E-state index contributed by atoms with van der Waals surface area (Å²) in [4.78, 5) is 73.1. The van der Waals surface area contributed by atoms with Crippen LogP contribution in [0.5, 0.6) is 0 Å². The van der Waals surface area contributed by atoms with E-state index in [0.717, 1.165) is 108 Å². The van der Waals surface area contributed by atoms with Crippen LogP contribution in [0.2, 0.25) is 0 Å². The average Bonchev–Trinajstić information content (AvgIpc) is 0.946. The van der Waals surface area contributed by atoms with Crippen molar-refractivity contribution in [3.8, 4) is 0 Å². The zero-order valence-corrected chi connectivity index (χ0v) is 69.4. The highest BCUT2D eigenvalue weighted by Gasteiger charge is 2.30. The smallest absolute Gasteiger partial charge is 0.462 e. The van der Waals surface area contributed by atoms with Gasteiger partial charge in [-0.2, -0.15) is 0 Å². The predicted octanol–water partition coefficient (Wildman–Crippen LogP) is 25.5. The number of ether oxygens (including phenoxy) is 4. The van der Waals surface area contributed by atoms with E-state index in [1.54, 1.807) is 0 Å². The van der Waals surface area contributed by atoms with Gasteiger partial charge in [0.1, 0.15) is 19.3 Å². The molecule has 17 nitrogen and oxygen atoms in total. The summed E-state index contributed by atoms with van der Waals surface area (Å²) in [5.74, 6) is -0.567. The Kier molecular flexibility index (Phi) is 74.1. The number of hydrogen-bond acceptors (Lipinski definition) is 15. The summed E-state index contributed by atoms with van der Waals surface area (Å²) in [6, 6.07) is 0. The van der Waals surface area contributed by atoms with Crippen LogP contribution in [0.15, 0.2) is 0 Å². The molecule has 0 bridgehead atoms. The lowest BCUT2D eigenvalue weighted by molar-refractivity contribution is -0.161. The monoisotopic (exact) mass is 1510 g/mol. The van der Waals surface area contributed by atoms with Crippen LogP contribution in [-0.2, 0) is 65.4 Å². The molecule has 0 rings (SSSR count). The highest BCUT2D eigenvalue weighted by molar-refractivity contribution is 7.47. The maximum absolute atomic E-state index is 13.1. The SMILES string of the molecule is CCCCCCCCCCCCCCCCCCCCCC(=O)O[C@H](COC(=O)CCCCCCCCCCCCCCCCCC(C)C)COP(=O)(O)OC[C@@H](O)COP(=O)(O)OC[C@@H](COC(=O)CCCCCCCCC(C)CC)OC(=O)CCCCCCCCCCCCCCCCCC. The molecule has 0 aliphatic heterocycles. The van der Waals surface area contributed by atoms with Gasteiger partial charge < -0.3 is 33.8 Å². The molecular formula is C84H164O17P2. The lowest BCUT2D eigenvalue weighted by atomic mass is 10.00. The standard InChI is InChI=1S/C84H164O17P2/c1-7-10-12-14-16-18-20-22-24-26-27-28-32-37-41-45-49-57-63-68-83(88)100-79(72-94-81(86)66-60-54-47-43-39-35-33-29-30-34-38-42-46-52-58-64-76(4)5)74-98-102(90,91)96-70-78(85)71-97-103(92,93)99-75-80(73-95-82(87)67-61-55-51-50-53-59-65-77(6)9-3)101-84(89)69-62-56-48-44-40-36-31-25-23-21-19-17-15-13-11-8-2/h76-80,85H,7-75H2,1-6H3,(H,90,91)(H,92,93)/t77?,78-,79-,80-/m1/s1. The third-order valence-electron chi connectivity index (χ3n) is 20.1. The van der Waals surface area contributed by atoms with E-state index >= 15 is 0 Å². The van der Waals surface area contributed by atoms with Crippen LogP contribution < -0.4 is 0 Å². The highest BCUT2D eigenvalue weighted by Crippen LogP contribution is 2.45. The zero-order valence-electron chi connectivity index (χ0n) is 67.6. The minimum Gasteiger partial charge on any atom is -0.462 e. The second-order valence-corrected chi connectivity index (χ2v) is 33.8. The minimum atomic E-state index is -4.96. The quantitative estimate of drug-likeness (QED) is 0.0222. The lowest BCUT2D eigenvalue weighted by Gasteiger charge is -2.21. The Morgan fingerprint density at radius 2 is 0.495 bits per heavy atom. The van der Waals surface area contributed by atoms with E-state index in [1.165, 1.54) is 257 Å². The van der Waals surface area contributed by atoms with Gasteiger partial charge in [-0.25, -0.2) is 9.13 Å². The van der Waals surface area contributed by atoms with Gasteiger partial charge in [-0.1, -0.05) is 395 Å². The van der Waals surface area contributed by atoms with Gasteiger partial charge in [-0.15, -0.1) is 0 Å². The Labute approximate surface area is 632 Å². The van der Waals surface area contributed by atoms with Crippen LogP contribution in [0.1, 0.15) is 446 Å². The van der Waals surface area contributed by atoms with E-state index in [0.29, 0.717) is 25.7 Å². The molecular weight excluding hydrogens is 1340 g/mol. The van der Waals surface area contributed by atoms with Gasteiger partial charge in [-0.3, -0.25) is 37.3 Å². The number of rotatable bonds is 83. The van der Waals surface area contributed by atoms with E-state index in [4.69, 9.17) is 37.0 Å². The second kappa shape index (κ2) is 75.5. The molecule has 0 saturated carbocycles. The molecule has 0 aliphatic carbocycles. The first-order chi connectivity index (χ1) is 49.9. The van der Waals surface area contributed by atoms with E-state index < -0.39 is 97.5 Å². The van der Waals surface area contributed by atoms with Crippen molar-refractivity contribution >= 4 is 39.5 Å². The van der Waals surface area contributed by atoms with Gasteiger partial charge >= 0.3 is 39.5 Å². The molecule has 3 unspecified atom stereocenters. The first kappa shape index (κ1) is 101. The summed E-state index contributed by atoms with van der Waals surface area (Å²) in [5.41, 5.74) is 0. The number of carbonyl (C=O) groups is 4. The molecule has 0 heterocycles. The highest BCUT2D eigenvalue weighted by atomic mass is 31.2. The Morgan fingerprint density at radius 3 is 0.738 bits per heavy atom. The van der Waals surface area contributed by atoms with E-state index in [-0.39, 0.29) is 25.7 Å². The van der Waals surface area contributed by atoms with Crippen LogP contribution in [0.25, 0.3) is 0 Å². The molecule has 0 aromatic carbocycles. The van der Waals surface area contributed by atoms with Gasteiger partial charge in [0, 0.05) is 25.7 Å². The molecule has 19 heteroatoms. The first-order valence-electron chi connectivity index (χ1n) is 43.5. The predicted molar refractivity (Wildman–Crippen MR) is 423 cm³/mol. The van der Waals surface area contributed by atoms with E-state index in [9.17, 15) is 43.2 Å². The fraction of sp³-hybridized carbons (Fsp3) is 0.952. The molecule has 0 fully saturated rings. The van der Waals surface area contributed by atoms with Crippen LogP contribution >= 0.6 is 15.6 Å². The molecule has 612 valence electrons. The molecule has 0 aliphatic rings. The molecule has 0 amide bonds. The Balaban J connectivity index is 5.24. The number of unbranched alkanes of at least 4 members (excludes halogenated alkanes) is 52. The van der Waals surface area contributed by atoms with Crippen molar-refractivity contribution < 1.29 is 80.2 Å². The average molecular weight is 1510 g/mol. The molecule has 103 heavy (non-hydrogen) atoms. The number of hydrogen-bond donors (Lipinski definition) is 3. The third kappa shape index (κ3) is 76.6. The number of phosphoric acid groups is 2.